The summed E-state index contributed by atoms with van der Waals surface area (Å²) in [4.78, 5) is 26.3. The molecule has 1 aromatic carbocycles. The highest BCUT2D eigenvalue weighted by Gasteiger charge is 2.23. The van der Waals surface area contributed by atoms with Gasteiger partial charge in [-0.2, -0.15) is 0 Å². The van der Waals surface area contributed by atoms with Crippen LogP contribution >= 0.6 is 0 Å². The molecule has 1 unspecified atom stereocenters. The fourth-order valence-electron chi connectivity index (χ4n) is 3.73. The quantitative estimate of drug-likeness (QED) is 0.604. The van der Waals surface area contributed by atoms with Gasteiger partial charge >= 0.3 is 5.97 Å². The van der Waals surface area contributed by atoms with Crippen molar-refractivity contribution in [1.82, 2.24) is 4.90 Å². The highest BCUT2D eigenvalue weighted by atomic mass is 16.6. The standard InChI is InChI=1S/C22H31NO5/c1-23(13-11-19(24)17-7-3-2-4-8-17)14-12-22(25)27-16-18-15-26-20-9-5-6-10-21(20)28-18/h5-6,9-10,17-18H,2-4,7-8,11-16H2,1H3. The molecule has 0 bridgehead atoms. The second-order valence-electron chi connectivity index (χ2n) is 7.79. The Morgan fingerprint density at radius 2 is 1.79 bits per heavy atom. The zero-order chi connectivity index (χ0) is 19.8. The summed E-state index contributed by atoms with van der Waals surface area (Å²) in [5, 5.41) is 0. The van der Waals surface area contributed by atoms with Crippen molar-refractivity contribution in [1.29, 1.82) is 0 Å². The molecular formula is C22H31NO5. The second kappa shape index (κ2) is 10.5. The van der Waals surface area contributed by atoms with Crippen molar-refractivity contribution in [3.05, 3.63) is 24.3 Å². The number of carbonyl (C=O) groups excluding carboxylic acids is 2. The third kappa shape index (κ3) is 6.23. The van der Waals surface area contributed by atoms with Crippen LogP contribution in [0.15, 0.2) is 24.3 Å². The molecule has 154 valence electrons. The third-order valence-electron chi connectivity index (χ3n) is 5.50. The Morgan fingerprint density at radius 3 is 2.57 bits per heavy atom. The molecule has 28 heavy (non-hydrogen) atoms. The molecule has 1 aromatic rings. The number of nitrogens with zero attached hydrogens (tertiary/aromatic N) is 1. The highest BCUT2D eigenvalue weighted by Crippen LogP contribution is 2.30. The Bertz CT molecular complexity index is 656. The summed E-state index contributed by atoms with van der Waals surface area (Å²) >= 11 is 0. The van der Waals surface area contributed by atoms with Crippen LogP contribution in [0.4, 0.5) is 0 Å². The normalized spacial score (nSPS) is 19.4. The lowest BCUT2D eigenvalue weighted by Crippen LogP contribution is -2.34. The van der Waals surface area contributed by atoms with Gasteiger partial charge in [0.15, 0.2) is 17.6 Å². The van der Waals surface area contributed by atoms with Crippen LogP contribution < -0.4 is 9.47 Å². The van der Waals surface area contributed by atoms with Gasteiger partial charge in [0.2, 0.25) is 0 Å². The number of fused-ring (bicyclic) bond motifs is 1. The van der Waals surface area contributed by atoms with E-state index in [1.807, 2.05) is 36.2 Å². The average Bonchev–Trinajstić information content (AvgIpc) is 2.75. The molecule has 1 saturated carbocycles. The number of rotatable bonds is 9. The average molecular weight is 389 g/mol. The van der Waals surface area contributed by atoms with E-state index in [9.17, 15) is 9.59 Å². The molecule has 6 heteroatoms. The van der Waals surface area contributed by atoms with Gasteiger partial charge in [0, 0.05) is 25.4 Å². The zero-order valence-electron chi connectivity index (χ0n) is 16.7. The van der Waals surface area contributed by atoms with Gasteiger partial charge in [-0.15, -0.1) is 0 Å². The molecule has 0 saturated heterocycles. The Labute approximate surface area is 167 Å². The molecule has 1 fully saturated rings. The summed E-state index contributed by atoms with van der Waals surface area (Å²) in [7, 11) is 1.94. The summed E-state index contributed by atoms with van der Waals surface area (Å²) in [6.07, 6.45) is 6.30. The van der Waals surface area contributed by atoms with Crippen LogP contribution in [0.25, 0.3) is 0 Å². The number of Topliss-reactive ketones (excluding diaryl/α,β-unsaturated/α-hetero) is 1. The minimum absolute atomic E-state index is 0.178. The topological polar surface area (TPSA) is 65.1 Å². The van der Waals surface area contributed by atoms with Crippen LogP contribution in [0.5, 0.6) is 11.5 Å². The van der Waals surface area contributed by atoms with E-state index in [0.29, 0.717) is 44.1 Å². The van der Waals surface area contributed by atoms with Crippen molar-refractivity contribution in [2.75, 3.05) is 33.4 Å². The Kier molecular flexibility index (Phi) is 7.71. The van der Waals surface area contributed by atoms with Gasteiger partial charge in [0.25, 0.3) is 0 Å². The number of carbonyl (C=O) groups is 2. The molecule has 0 aromatic heterocycles. The van der Waals surface area contributed by atoms with Crippen LogP contribution in [0.1, 0.15) is 44.9 Å². The molecule has 1 heterocycles. The third-order valence-corrected chi connectivity index (χ3v) is 5.50. The first kappa shape index (κ1) is 20.6. The smallest absolute Gasteiger partial charge is 0.307 e. The maximum atomic E-state index is 12.3. The molecule has 1 aliphatic carbocycles. The maximum absolute atomic E-state index is 12.3. The van der Waals surface area contributed by atoms with Crippen LogP contribution in [0, 0.1) is 5.92 Å². The van der Waals surface area contributed by atoms with E-state index < -0.39 is 0 Å². The van der Waals surface area contributed by atoms with Gasteiger partial charge < -0.3 is 19.1 Å². The number of para-hydroxylation sites is 2. The summed E-state index contributed by atoms with van der Waals surface area (Å²) in [6, 6.07) is 7.46. The van der Waals surface area contributed by atoms with E-state index in [1.54, 1.807) is 0 Å². The van der Waals surface area contributed by atoms with E-state index in [0.717, 1.165) is 18.6 Å². The first-order valence-electron chi connectivity index (χ1n) is 10.4. The van der Waals surface area contributed by atoms with Gasteiger partial charge in [-0.1, -0.05) is 31.4 Å². The molecule has 3 rings (SSSR count). The van der Waals surface area contributed by atoms with Crippen molar-refractivity contribution in [3.63, 3.8) is 0 Å². The fraction of sp³-hybridized carbons (Fsp3) is 0.636. The number of ether oxygens (including phenoxy) is 3. The number of hydrogen-bond acceptors (Lipinski definition) is 6. The molecule has 0 N–H and O–H groups in total. The number of ketones is 1. The monoisotopic (exact) mass is 389 g/mol. The van der Waals surface area contributed by atoms with Crippen molar-refractivity contribution in [3.8, 4) is 11.5 Å². The summed E-state index contributed by atoms with van der Waals surface area (Å²) in [5.41, 5.74) is 0. The molecule has 1 aliphatic heterocycles. The van der Waals surface area contributed by atoms with Crippen LogP contribution in [-0.2, 0) is 14.3 Å². The minimum Gasteiger partial charge on any atom is -0.486 e. The number of esters is 1. The van der Waals surface area contributed by atoms with Crippen LogP contribution in [0.3, 0.4) is 0 Å². The van der Waals surface area contributed by atoms with Crippen LogP contribution in [0.2, 0.25) is 0 Å². The summed E-state index contributed by atoms with van der Waals surface area (Å²) < 4.78 is 16.7. The van der Waals surface area contributed by atoms with E-state index in [-0.39, 0.29) is 24.6 Å². The van der Waals surface area contributed by atoms with Gasteiger partial charge in [0.1, 0.15) is 19.0 Å². The minimum atomic E-state index is -0.287. The lowest BCUT2D eigenvalue weighted by Gasteiger charge is -2.26. The Hall–Kier alpha value is -2.08. The number of hydrogen-bond donors (Lipinski definition) is 0. The molecule has 6 nitrogen and oxygen atoms in total. The van der Waals surface area contributed by atoms with E-state index in [1.165, 1.54) is 19.3 Å². The van der Waals surface area contributed by atoms with Gasteiger partial charge in [-0.05, 0) is 32.0 Å². The van der Waals surface area contributed by atoms with Gasteiger partial charge in [-0.25, -0.2) is 0 Å². The zero-order valence-corrected chi connectivity index (χ0v) is 16.7. The first-order valence-corrected chi connectivity index (χ1v) is 10.4. The predicted octanol–water partition coefficient (Wildman–Crippen LogP) is 3.23. The maximum Gasteiger partial charge on any atom is 0.307 e. The Balaban J connectivity index is 1.28. The summed E-state index contributed by atoms with van der Waals surface area (Å²) in [5.74, 6) is 1.78. The molecule has 0 spiro atoms. The molecular weight excluding hydrogens is 358 g/mol. The van der Waals surface area contributed by atoms with E-state index in [4.69, 9.17) is 14.2 Å². The lowest BCUT2D eigenvalue weighted by molar-refractivity contribution is -0.147. The molecule has 2 aliphatic rings. The van der Waals surface area contributed by atoms with Crippen LogP contribution in [-0.4, -0.2) is 56.1 Å². The van der Waals surface area contributed by atoms with Crippen molar-refractivity contribution in [2.24, 2.45) is 5.92 Å². The second-order valence-corrected chi connectivity index (χ2v) is 7.79. The van der Waals surface area contributed by atoms with Crippen molar-refractivity contribution < 1.29 is 23.8 Å². The SMILES string of the molecule is CN(CCC(=O)OCC1COc2ccccc2O1)CCC(=O)C1CCCCC1. The van der Waals surface area contributed by atoms with E-state index >= 15 is 0 Å². The molecule has 0 amide bonds. The highest BCUT2D eigenvalue weighted by molar-refractivity contribution is 5.81. The predicted molar refractivity (Wildman–Crippen MR) is 106 cm³/mol. The lowest BCUT2D eigenvalue weighted by atomic mass is 9.85. The molecule has 1 atom stereocenters. The van der Waals surface area contributed by atoms with Crippen molar-refractivity contribution >= 4 is 11.8 Å². The number of benzene rings is 1. The molecule has 0 radical (unpaired) electrons. The fourth-order valence-corrected chi connectivity index (χ4v) is 3.73. The first-order chi connectivity index (χ1) is 13.6. The summed E-state index contributed by atoms with van der Waals surface area (Å²) in [6.45, 7) is 1.82. The van der Waals surface area contributed by atoms with E-state index in [2.05, 4.69) is 0 Å². The largest absolute Gasteiger partial charge is 0.486 e. The van der Waals surface area contributed by atoms with Crippen molar-refractivity contribution in [2.45, 2.75) is 51.0 Å². The van der Waals surface area contributed by atoms with Gasteiger partial charge in [0.05, 0.1) is 6.42 Å². The van der Waals surface area contributed by atoms with Gasteiger partial charge in [-0.3, -0.25) is 9.59 Å². The Morgan fingerprint density at radius 1 is 1.07 bits per heavy atom.